The van der Waals surface area contributed by atoms with Crippen molar-refractivity contribution in [3.05, 3.63) is 0 Å². The molecule has 0 amide bonds. The van der Waals surface area contributed by atoms with Crippen molar-refractivity contribution in [2.45, 2.75) is 71.4 Å². The van der Waals surface area contributed by atoms with E-state index in [1.54, 1.807) is 0 Å². The highest BCUT2D eigenvalue weighted by Gasteiger charge is 2.99. The fourth-order valence-electron chi connectivity index (χ4n) is 1.94. The predicted octanol–water partition coefficient (Wildman–Crippen LogP) is 7.56. The SMILES string of the molecule is [N]C(F)(F)C(F)(F)C(F)(F)C(F)(F)C(F)(F)C(F)(F)C(F)(F)C(F)(F)C(F)(F)C(F)(F)C(F)(F)C(F)(F)F. The largest absolute Gasteiger partial charge is 0.460 e. The molecule has 0 aromatic carbocycles. The van der Waals surface area contributed by atoms with E-state index in [1.807, 2.05) is 0 Å². The van der Waals surface area contributed by atoms with E-state index >= 15 is 0 Å². The van der Waals surface area contributed by atoms with Crippen molar-refractivity contribution < 1.29 is 110 Å². The van der Waals surface area contributed by atoms with Gasteiger partial charge in [0.25, 0.3) is 0 Å². The van der Waals surface area contributed by atoms with Gasteiger partial charge in [-0.05, 0) is 0 Å². The Morgan fingerprint density at radius 3 is 0.474 bits per heavy atom. The van der Waals surface area contributed by atoms with E-state index in [1.165, 1.54) is 0 Å². The van der Waals surface area contributed by atoms with Crippen LogP contribution in [0.4, 0.5) is 110 Å². The zero-order chi connectivity index (χ0) is 32.0. The van der Waals surface area contributed by atoms with E-state index in [9.17, 15) is 110 Å². The molecule has 0 saturated heterocycles. The monoisotopic (exact) mass is 633 g/mol. The second kappa shape index (κ2) is 8.36. The number of hydrogen-bond donors (Lipinski definition) is 0. The van der Waals surface area contributed by atoms with Crippen LogP contribution in [0.25, 0.3) is 0 Å². The minimum Gasteiger partial charge on any atom is -0.192 e. The molecule has 0 aliphatic heterocycles. The van der Waals surface area contributed by atoms with Crippen LogP contribution in [0.1, 0.15) is 0 Å². The maximum absolute atomic E-state index is 13.4. The van der Waals surface area contributed by atoms with Crippen molar-refractivity contribution in [3.8, 4) is 0 Å². The van der Waals surface area contributed by atoms with Crippen molar-refractivity contribution in [1.29, 1.82) is 0 Å². The molecule has 0 bridgehead atoms. The average molecular weight is 633 g/mol. The van der Waals surface area contributed by atoms with E-state index in [0.717, 1.165) is 0 Å². The van der Waals surface area contributed by atoms with Crippen LogP contribution in [0, 0.1) is 0 Å². The summed E-state index contributed by atoms with van der Waals surface area (Å²) in [5.41, 5.74) is 7.40. The lowest BCUT2D eigenvalue weighted by atomic mass is 9.85. The molecule has 2 radical (unpaired) electrons. The van der Waals surface area contributed by atoms with E-state index in [0.29, 0.717) is 0 Å². The molecular formula is C12F25N. The molecular weight excluding hydrogens is 633 g/mol. The third-order valence-corrected chi connectivity index (χ3v) is 4.28. The second-order valence-corrected chi connectivity index (χ2v) is 6.78. The topological polar surface area (TPSA) is 22.3 Å². The summed E-state index contributed by atoms with van der Waals surface area (Å²) < 4.78 is 322. The number of nitrogens with zero attached hydrogens (tertiary/aromatic N) is 1. The van der Waals surface area contributed by atoms with Crippen LogP contribution in [0.2, 0.25) is 0 Å². The van der Waals surface area contributed by atoms with E-state index < -0.39 is 71.4 Å². The summed E-state index contributed by atoms with van der Waals surface area (Å²) in [5.74, 6) is -92.1. The highest BCUT2D eigenvalue weighted by atomic mass is 19.4. The third-order valence-electron chi connectivity index (χ3n) is 4.28. The molecule has 0 aromatic heterocycles. The van der Waals surface area contributed by atoms with Crippen molar-refractivity contribution in [3.63, 3.8) is 0 Å². The summed E-state index contributed by atoms with van der Waals surface area (Å²) in [7, 11) is 0. The standard InChI is InChI=1S/C12F25N/c13-1(14,3(17,18)5(21,22)7(25,26)9(29,30)11(33,34)35)2(15,16)4(19,20)6(23,24)8(27,28)10(31,32)12(36,37)38. The molecule has 0 heterocycles. The number of hydrogen-bond acceptors (Lipinski definition) is 0. The Kier molecular flexibility index (Phi) is 7.97. The van der Waals surface area contributed by atoms with Crippen LogP contribution in [0.15, 0.2) is 0 Å². The van der Waals surface area contributed by atoms with E-state index in [2.05, 4.69) is 0 Å². The smallest absolute Gasteiger partial charge is 0.192 e. The Balaban J connectivity index is 7.29. The molecule has 0 atom stereocenters. The first kappa shape index (κ1) is 36.2. The average Bonchev–Trinajstić information content (AvgIpc) is 2.64. The molecule has 0 unspecified atom stereocenters. The van der Waals surface area contributed by atoms with Gasteiger partial charge in [0.05, 0.1) is 0 Å². The summed E-state index contributed by atoms with van der Waals surface area (Å²) in [4.78, 5) is 0. The van der Waals surface area contributed by atoms with Gasteiger partial charge in [0.1, 0.15) is 0 Å². The zero-order valence-electron chi connectivity index (χ0n) is 15.9. The third kappa shape index (κ3) is 3.99. The number of halogens is 25. The van der Waals surface area contributed by atoms with Gasteiger partial charge in [-0.2, -0.15) is 110 Å². The van der Waals surface area contributed by atoms with Crippen LogP contribution >= 0.6 is 0 Å². The lowest BCUT2D eigenvalue weighted by Gasteiger charge is -2.45. The van der Waals surface area contributed by atoms with Gasteiger partial charge >= 0.3 is 71.4 Å². The highest BCUT2D eigenvalue weighted by molar-refractivity contribution is 5.19. The summed E-state index contributed by atoms with van der Waals surface area (Å²) in [6, 6.07) is -7.68. The zero-order valence-corrected chi connectivity index (χ0v) is 15.9. The van der Waals surface area contributed by atoms with Crippen LogP contribution in [0.3, 0.4) is 0 Å². The second-order valence-electron chi connectivity index (χ2n) is 6.78. The molecule has 0 N–H and O–H groups in total. The molecule has 1 nitrogen and oxygen atoms in total. The van der Waals surface area contributed by atoms with Crippen molar-refractivity contribution in [2.75, 3.05) is 0 Å². The van der Waals surface area contributed by atoms with Crippen molar-refractivity contribution in [1.82, 2.24) is 5.73 Å². The van der Waals surface area contributed by atoms with Gasteiger partial charge in [0.2, 0.25) is 0 Å². The van der Waals surface area contributed by atoms with Gasteiger partial charge < -0.3 is 0 Å². The molecule has 0 rings (SSSR count). The quantitative estimate of drug-likeness (QED) is 0.175. The lowest BCUT2D eigenvalue weighted by molar-refractivity contribution is -0.482. The first-order valence-electron chi connectivity index (χ1n) is 7.70. The number of alkyl halides is 25. The van der Waals surface area contributed by atoms with Gasteiger partial charge in [-0.1, -0.05) is 5.73 Å². The first-order chi connectivity index (χ1) is 15.8. The van der Waals surface area contributed by atoms with E-state index in [-0.39, 0.29) is 0 Å². The van der Waals surface area contributed by atoms with Gasteiger partial charge in [-0.15, -0.1) is 0 Å². The maximum Gasteiger partial charge on any atom is 0.460 e. The van der Waals surface area contributed by atoms with E-state index in [4.69, 9.17) is 5.73 Å². The minimum absolute atomic E-state index is 7.40. The first-order valence-corrected chi connectivity index (χ1v) is 7.70. The van der Waals surface area contributed by atoms with Crippen molar-refractivity contribution in [2.24, 2.45) is 0 Å². The molecule has 0 aliphatic rings. The van der Waals surface area contributed by atoms with Gasteiger partial charge in [0.15, 0.2) is 0 Å². The summed E-state index contributed by atoms with van der Waals surface area (Å²) in [6.07, 6.45) is -8.17. The van der Waals surface area contributed by atoms with Gasteiger partial charge in [0, 0.05) is 0 Å². The maximum atomic E-state index is 13.4. The van der Waals surface area contributed by atoms with Crippen LogP contribution < -0.4 is 5.73 Å². The number of rotatable bonds is 10. The Bertz CT molecular complexity index is 798. The molecule has 0 saturated carbocycles. The molecule has 228 valence electrons. The van der Waals surface area contributed by atoms with Crippen molar-refractivity contribution >= 4 is 0 Å². The lowest BCUT2D eigenvalue weighted by Crippen LogP contribution is -2.78. The van der Waals surface area contributed by atoms with Crippen LogP contribution in [0.5, 0.6) is 0 Å². The van der Waals surface area contributed by atoms with Crippen LogP contribution in [-0.2, 0) is 0 Å². The molecule has 0 spiro atoms. The Labute approximate surface area is 188 Å². The molecule has 0 aromatic rings. The molecule has 26 heteroatoms. The Morgan fingerprint density at radius 2 is 0.342 bits per heavy atom. The van der Waals surface area contributed by atoms with Gasteiger partial charge in [-0.3, -0.25) is 0 Å². The summed E-state index contributed by atoms with van der Waals surface area (Å²) in [5, 5.41) is 0. The Morgan fingerprint density at radius 1 is 0.211 bits per heavy atom. The molecule has 38 heavy (non-hydrogen) atoms. The Hall–Kier alpha value is -1.79. The fourth-order valence-corrected chi connectivity index (χ4v) is 1.94. The van der Waals surface area contributed by atoms with Gasteiger partial charge in [-0.25, -0.2) is 0 Å². The molecule has 0 aliphatic carbocycles. The van der Waals surface area contributed by atoms with Crippen LogP contribution in [-0.4, -0.2) is 71.4 Å². The fraction of sp³-hybridized carbons (Fsp3) is 1.00. The normalized spacial score (nSPS) is 17.2. The summed E-state index contributed by atoms with van der Waals surface area (Å²) in [6.45, 7) is 0. The predicted molar refractivity (Wildman–Crippen MR) is 62.6 cm³/mol. The summed E-state index contributed by atoms with van der Waals surface area (Å²) >= 11 is 0. The highest BCUT2D eigenvalue weighted by Crippen LogP contribution is 2.67. The minimum atomic E-state index is -9.62. The molecule has 0 fully saturated rings.